The second kappa shape index (κ2) is 5.08. The molecule has 18 heavy (non-hydrogen) atoms. The van der Waals surface area contributed by atoms with Gasteiger partial charge in [-0.05, 0) is 31.0 Å². The summed E-state index contributed by atoms with van der Waals surface area (Å²) in [4.78, 5) is 8.49. The fraction of sp³-hybridized carbons (Fsp3) is 0.385. The highest BCUT2D eigenvalue weighted by Crippen LogP contribution is 2.23. The average Bonchev–Trinajstić information content (AvgIpc) is 2.89. The summed E-state index contributed by atoms with van der Waals surface area (Å²) < 4.78 is 5.58. The predicted octanol–water partition coefficient (Wildman–Crippen LogP) is 2.87. The minimum absolute atomic E-state index is 0.294. The van der Waals surface area contributed by atoms with E-state index >= 15 is 0 Å². The molecule has 1 aromatic heterocycles. The Balaban J connectivity index is 1.82. The molecule has 0 amide bonds. The summed E-state index contributed by atoms with van der Waals surface area (Å²) in [7, 11) is 0. The first-order chi connectivity index (χ1) is 8.83. The molecule has 1 aromatic carbocycles. The third-order valence-corrected chi connectivity index (χ3v) is 3.35. The molecule has 1 N–H and O–H groups in total. The summed E-state index contributed by atoms with van der Waals surface area (Å²) >= 11 is 5.95. The summed E-state index contributed by atoms with van der Waals surface area (Å²) in [6.07, 6.45) is 4.10. The number of hydrogen-bond acceptors (Lipinski definition) is 4. The van der Waals surface area contributed by atoms with Gasteiger partial charge in [0.2, 0.25) is 0 Å². The Morgan fingerprint density at radius 1 is 1.39 bits per heavy atom. The first-order valence-electron chi connectivity index (χ1n) is 6.09. The standard InChI is InChI=1S/C13H14ClN3O/c14-9-3-4-11-12(6-9)16-8-17-13(11)15-7-10-2-1-5-18-10/h3-4,6,8,10H,1-2,5,7H2,(H,15,16,17)/t10-/m1/s1. The number of aromatic nitrogens is 2. The topological polar surface area (TPSA) is 47.0 Å². The second-order valence-electron chi connectivity index (χ2n) is 4.40. The Kier molecular flexibility index (Phi) is 3.30. The summed E-state index contributed by atoms with van der Waals surface area (Å²) in [5.41, 5.74) is 0.854. The van der Waals surface area contributed by atoms with Crippen molar-refractivity contribution in [1.82, 2.24) is 9.97 Å². The van der Waals surface area contributed by atoms with Crippen LogP contribution in [0.4, 0.5) is 5.82 Å². The SMILES string of the molecule is Clc1ccc2c(NC[C@H]3CCCO3)ncnc2c1. The van der Waals surface area contributed by atoms with Gasteiger partial charge in [-0.15, -0.1) is 0 Å². The Morgan fingerprint density at radius 2 is 2.33 bits per heavy atom. The normalized spacial score (nSPS) is 19.3. The van der Waals surface area contributed by atoms with Crippen molar-refractivity contribution in [1.29, 1.82) is 0 Å². The van der Waals surface area contributed by atoms with Crippen LogP contribution in [-0.4, -0.2) is 29.2 Å². The zero-order valence-corrected chi connectivity index (χ0v) is 10.7. The van der Waals surface area contributed by atoms with E-state index in [1.165, 1.54) is 0 Å². The van der Waals surface area contributed by atoms with Crippen molar-refractivity contribution in [3.8, 4) is 0 Å². The molecule has 1 saturated heterocycles. The van der Waals surface area contributed by atoms with Crippen molar-refractivity contribution >= 4 is 28.3 Å². The number of halogens is 1. The van der Waals surface area contributed by atoms with Crippen molar-refractivity contribution in [2.45, 2.75) is 18.9 Å². The van der Waals surface area contributed by atoms with Gasteiger partial charge < -0.3 is 10.1 Å². The minimum atomic E-state index is 0.294. The molecule has 1 atom stereocenters. The van der Waals surface area contributed by atoms with Crippen LogP contribution in [0.5, 0.6) is 0 Å². The Bertz CT molecular complexity index is 555. The van der Waals surface area contributed by atoms with Gasteiger partial charge in [0.1, 0.15) is 12.1 Å². The molecule has 0 unspecified atom stereocenters. The highest BCUT2D eigenvalue weighted by Gasteiger charge is 2.15. The van der Waals surface area contributed by atoms with Crippen molar-refractivity contribution in [2.24, 2.45) is 0 Å². The molecule has 1 aliphatic heterocycles. The van der Waals surface area contributed by atoms with E-state index in [9.17, 15) is 0 Å². The molecule has 0 aliphatic carbocycles. The maximum absolute atomic E-state index is 5.95. The summed E-state index contributed by atoms with van der Waals surface area (Å²) in [5, 5.41) is 5.00. The lowest BCUT2D eigenvalue weighted by atomic mass is 10.2. The van der Waals surface area contributed by atoms with Gasteiger partial charge in [0, 0.05) is 23.6 Å². The van der Waals surface area contributed by atoms with E-state index in [0.717, 1.165) is 42.7 Å². The van der Waals surface area contributed by atoms with E-state index in [4.69, 9.17) is 16.3 Å². The summed E-state index contributed by atoms with van der Waals surface area (Å²) in [5.74, 6) is 0.840. The quantitative estimate of drug-likeness (QED) is 0.925. The van der Waals surface area contributed by atoms with Crippen molar-refractivity contribution < 1.29 is 4.74 Å². The minimum Gasteiger partial charge on any atom is -0.376 e. The lowest BCUT2D eigenvalue weighted by Crippen LogP contribution is -2.19. The molecule has 94 valence electrons. The van der Waals surface area contributed by atoms with E-state index < -0.39 is 0 Å². The van der Waals surface area contributed by atoms with Gasteiger partial charge in [0.05, 0.1) is 11.6 Å². The number of hydrogen-bond donors (Lipinski definition) is 1. The number of fused-ring (bicyclic) bond motifs is 1. The average molecular weight is 264 g/mol. The zero-order chi connectivity index (χ0) is 12.4. The van der Waals surface area contributed by atoms with Crippen LogP contribution < -0.4 is 5.32 Å². The number of nitrogens with one attached hydrogen (secondary N) is 1. The molecular weight excluding hydrogens is 250 g/mol. The molecule has 0 saturated carbocycles. The molecule has 1 fully saturated rings. The van der Waals surface area contributed by atoms with E-state index in [0.29, 0.717) is 11.1 Å². The zero-order valence-electron chi connectivity index (χ0n) is 9.90. The largest absolute Gasteiger partial charge is 0.376 e. The third-order valence-electron chi connectivity index (χ3n) is 3.12. The maximum atomic E-state index is 5.95. The first kappa shape index (κ1) is 11.7. The van der Waals surface area contributed by atoms with Crippen LogP contribution >= 0.6 is 11.6 Å². The van der Waals surface area contributed by atoms with Crippen LogP contribution in [0.3, 0.4) is 0 Å². The van der Waals surface area contributed by atoms with Crippen LogP contribution in [0.2, 0.25) is 5.02 Å². The molecule has 0 radical (unpaired) electrons. The van der Waals surface area contributed by atoms with Gasteiger partial charge in [-0.3, -0.25) is 0 Å². The number of rotatable bonds is 3. The van der Waals surface area contributed by atoms with Gasteiger partial charge in [-0.1, -0.05) is 11.6 Å². The fourth-order valence-corrected chi connectivity index (χ4v) is 2.35. The predicted molar refractivity (Wildman–Crippen MR) is 72.0 cm³/mol. The molecule has 4 nitrogen and oxygen atoms in total. The smallest absolute Gasteiger partial charge is 0.137 e. The fourth-order valence-electron chi connectivity index (χ4n) is 2.19. The van der Waals surface area contributed by atoms with Gasteiger partial charge in [0.15, 0.2) is 0 Å². The van der Waals surface area contributed by atoms with Gasteiger partial charge in [-0.25, -0.2) is 9.97 Å². The molecule has 2 aromatic rings. The molecule has 0 spiro atoms. The monoisotopic (exact) mass is 263 g/mol. The molecule has 0 bridgehead atoms. The lowest BCUT2D eigenvalue weighted by molar-refractivity contribution is 0.120. The highest BCUT2D eigenvalue weighted by atomic mass is 35.5. The summed E-state index contributed by atoms with van der Waals surface area (Å²) in [6.45, 7) is 1.65. The molecule has 3 rings (SSSR count). The van der Waals surface area contributed by atoms with Crippen LogP contribution in [0.1, 0.15) is 12.8 Å². The van der Waals surface area contributed by atoms with E-state index in [2.05, 4.69) is 15.3 Å². The third kappa shape index (κ3) is 2.40. The van der Waals surface area contributed by atoms with Crippen LogP contribution in [0.15, 0.2) is 24.5 Å². The van der Waals surface area contributed by atoms with Gasteiger partial charge in [-0.2, -0.15) is 0 Å². The van der Waals surface area contributed by atoms with Gasteiger partial charge in [0.25, 0.3) is 0 Å². The number of ether oxygens (including phenoxy) is 1. The Labute approximate surface area is 110 Å². The maximum Gasteiger partial charge on any atom is 0.137 e. The van der Waals surface area contributed by atoms with Crippen molar-refractivity contribution in [2.75, 3.05) is 18.5 Å². The Hall–Kier alpha value is -1.39. The van der Waals surface area contributed by atoms with E-state index in [-0.39, 0.29) is 0 Å². The molecule has 2 heterocycles. The molecule has 5 heteroatoms. The lowest BCUT2D eigenvalue weighted by Gasteiger charge is -2.12. The number of benzene rings is 1. The van der Waals surface area contributed by atoms with Gasteiger partial charge >= 0.3 is 0 Å². The van der Waals surface area contributed by atoms with E-state index in [1.807, 2.05) is 18.2 Å². The van der Waals surface area contributed by atoms with Crippen LogP contribution in [-0.2, 0) is 4.74 Å². The second-order valence-corrected chi connectivity index (χ2v) is 4.84. The number of anilines is 1. The Morgan fingerprint density at radius 3 is 3.17 bits per heavy atom. The summed E-state index contributed by atoms with van der Waals surface area (Å²) in [6, 6.07) is 5.63. The van der Waals surface area contributed by atoms with Crippen molar-refractivity contribution in [3.05, 3.63) is 29.5 Å². The molecule has 1 aliphatic rings. The first-order valence-corrected chi connectivity index (χ1v) is 6.46. The van der Waals surface area contributed by atoms with Crippen molar-refractivity contribution in [3.63, 3.8) is 0 Å². The van der Waals surface area contributed by atoms with E-state index in [1.54, 1.807) is 6.33 Å². The van der Waals surface area contributed by atoms with Crippen LogP contribution in [0, 0.1) is 0 Å². The van der Waals surface area contributed by atoms with Crippen LogP contribution in [0.25, 0.3) is 10.9 Å². The number of nitrogens with zero attached hydrogens (tertiary/aromatic N) is 2. The highest BCUT2D eigenvalue weighted by molar-refractivity contribution is 6.31. The molecular formula is C13H14ClN3O.